The highest BCUT2D eigenvalue weighted by molar-refractivity contribution is 7.89. The van der Waals surface area contributed by atoms with Gasteiger partial charge in [-0.05, 0) is 17.7 Å². The van der Waals surface area contributed by atoms with E-state index in [-0.39, 0.29) is 0 Å². The Hall–Kier alpha value is -2.30. The molecule has 0 spiro atoms. The van der Waals surface area contributed by atoms with Crippen LogP contribution in [0, 0.1) is 23.0 Å². The first-order valence-corrected chi connectivity index (χ1v) is 7.34. The maximum Gasteiger partial charge on any atom is 0.244 e. The Balaban J connectivity index is 2.35. The van der Waals surface area contributed by atoms with Crippen molar-refractivity contribution in [3.63, 3.8) is 0 Å². The Morgan fingerprint density at radius 1 is 1.10 bits per heavy atom. The summed E-state index contributed by atoms with van der Waals surface area (Å²) in [5, 5.41) is 9.07. The summed E-state index contributed by atoms with van der Waals surface area (Å²) in [4.78, 5) is -0.708. The average Bonchev–Trinajstić information content (AvgIpc) is 2.45. The van der Waals surface area contributed by atoms with Gasteiger partial charge in [-0.15, -0.1) is 0 Å². The monoisotopic (exact) mass is 308 g/mol. The van der Waals surface area contributed by atoms with Crippen LogP contribution in [0.15, 0.2) is 53.4 Å². The van der Waals surface area contributed by atoms with Crippen molar-refractivity contribution < 1.29 is 17.2 Å². The summed E-state index contributed by atoms with van der Waals surface area (Å²) >= 11 is 0. The van der Waals surface area contributed by atoms with E-state index in [1.165, 1.54) is 0 Å². The molecule has 2 aromatic rings. The molecule has 0 aliphatic rings. The highest BCUT2D eigenvalue weighted by atomic mass is 32.2. The Morgan fingerprint density at radius 2 is 1.76 bits per heavy atom. The molecule has 4 nitrogen and oxygen atoms in total. The fourth-order valence-corrected chi connectivity index (χ4v) is 2.92. The second-order valence-electron chi connectivity index (χ2n) is 4.17. The summed E-state index contributed by atoms with van der Waals surface area (Å²) in [7, 11) is -4.28. The van der Waals surface area contributed by atoms with E-state index in [1.807, 2.05) is 0 Å². The number of benzene rings is 2. The molecule has 0 aliphatic carbocycles. The van der Waals surface area contributed by atoms with E-state index in [0.29, 0.717) is 11.6 Å². The standard InChI is InChI=1S/C14H10F2N2O2S/c15-11-6-7-14(12(16)8-11)21(19,20)18-13(9-17)10-4-2-1-3-5-10/h1-8,13,18H. The summed E-state index contributed by atoms with van der Waals surface area (Å²) in [6, 6.07) is 10.9. The molecule has 0 radical (unpaired) electrons. The zero-order valence-electron chi connectivity index (χ0n) is 10.6. The highest BCUT2D eigenvalue weighted by Crippen LogP contribution is 2.19. The summed E-state index contributed by atoms with van der Waals surface area (Å²) in [6.07, 6.45) is 0. The SMILES string of the molecule is N#CC(NS(=O)(=O)c1ccc(F)cc1F)c1ccccc1. The molecule has 0 aromatic heterocycles. The van der Waals surface area contributed by atoms with E-state index in [0.717, 1.165) is 12.1 Å². The normalized spacial score (nSPS) is 12.6. The van der Waals surface area contributed by atoms with Crippen LogP contribution in [0.3, 0.4) is 0 Å². The molecule has 2 rings (SSSR count). The Morgan fingerprint density at radius 3 is 2.33 bits per heavy atom. The molecular formula is C14H10F2N2O2S. The van der Waals surface area contributed by atoms with Gasteiger partial charge in [0.2, 0.25) is 10.0 Å². The fourth-order valence-electron chi connectivity index (χ4n) is 1.73. The van der Waals surface area contributed by atoms with Crippen LogP contribution in [0.1, 0.15) is 11.6 Å². The topological polar surface area (TPSA) is 70.0 Å². The predicted molar refractivity (Wildman–Crippen MR) is 71.5 cm³/mol. The van der Waals surface area contributed by atoms with Crippen molar-refractivity contribution in [1.82, 2.24) is 4.72 Å². The summed E-state index contributed by atoms with van der Waals surface area (Å²) in [6.45, 7) is 0. The minimum Gasteiger partial charge on any atom is -0.207 e. The lowest BCUT2D eigenvalue weighted by molar-refractivity contribution is 0.540. The maximum atomic E-state index is 13.6. The van der Waals surface area contributed by atoms with Gasteiger partial charge in [0.15, 0.2) is 0 Å². The predicted octanol–water partition coefficient (Wildman–Crippen LogP) is 2.51. The Labute approximate surface area is 120 Å². The molecule has 0 heterocycles. The Bertz CT molecular complexity index is 786. The van der Waals surface area contributed by atoms with Crippen LogP contribution in [-0.4, -0.2) is 8.42 Å². The molecule has 0 bridgehead atoms. The molecule has 0 saturated carbocycles. The van der Waals surface area contributed by atoms with Crippen LogP contribution in [0.2, 0.25) is 0 Å². The van der Waals surface area contributed by atoms with Gasteiger partial charge >= 0.3 is 0 Å². The van der Waals surface area contributed by atoms with Gasteiger partial charge in [-0.25, -0.2) is 17.2 Å². The summed E-state index contributed by atoms with van der Waals surface area (Å²) in [5.74, 6) is -2.10. The molecule has 1 N–H and O–H groups in total. The lowest BCUT2D eigenvalue weighted by Crippen LogP contribution is -2.28. The molecule has 108 valence electrons. The summed E-state index contributed by atoms with van der Waals surface area (Å²) in [5.41, 5.74) is 0.422. The second-order valence-corrected chi connectivity index (χ2v) is 5.85. The Kier molecular flexibility index (Phi) is 4.31. The van der Waals surface area contributed by atoms with Crippen LogP contribution in [0.25, 0.3) is 0 Å². The van der Waals surface area contributed by atoms with Crippen LogP contribution in [0.5, 0.6) is 0 Å². The van der Waals surface area contributed by atoms with Crippen molar-refractivity contribution in [3.05, 3.63) is 65.7 Å². The highest BCUT2D eigenvalue weighted by Gasteiger charge is 2.24. The van der Waals surface area contributed by atoms with Crippen LogP contribution < -0.4 is 4.72 Å². The van der Waals surface area contributed by atoms with Gasteiger partial charge in [-0.3, -0.25) is 0 Å². The van der Waals surface area contributed by atoms with Gasteiger partial charge < -0.3 is 0 Å². The quantitative estimate of drug-likeness (QED) is 0.943. The maximum absolute atomic E-state index is 13.6. The molecule has 0 amide bonds. The minimum atomic E-state index is -4.28. The molecule has 2 aromatic carbocycles. The molecule has 1 atom stereocenters. The first-order chi connectivity index (χ1) is 9.94. The average molecular weight is 308 g/mol. The smallest absolute Gasteiger partial charge is 0.207 e. The molecule has 7 heteroatoms. The van der Waals surface area contributed by atoms with E-state index >= 15 is 0 Å². The van der Waals surface area contributed by atoms with Gasteiger partial charge in [0, 0.05) is 6.07 Å². The van der Waals surface area contributed by atoms with Gasteiger partial charge in [0.05, 0.1) is 6.07 Å². The van der Waals surface area contributed by atoms with Crippen LogP contribution in [0.4, 0.5) is 8.78 Å². The van der Waals surface area contributed by atoms with Gasteiger partial charge in [0.1, 0.15) is 22.6 Å². The molecule has 0 fully saturated rings. The zero-order chi connectivity index (χ0) is 15.5. The zero-order valence-corrected chi connectivity index (χ0v) is 11.4. The van der Waals surface area contributed by atoms with E-state index in [9.17, 15) is 17.2 Å². The van der Waals surface area contributed by atoms with Crippen molar-refractivity contribution >= 4 is 10.0 Å². The first-order valence-electron chi connectivity index (χ1n) is 5.86. The number of nitriles is 1. The number of nitrogens with one attached hydrogen (secondary N) is 1. The largest absolute Gasteiger partial charge is 0.244 e. The summed E-state index contributed by atoms with van der Waals surface area (Å²) < 4.78 is 52.6. The minimum absolute atomic E-state index is 0.422. The molecule has 0 aliphatic heterocycles. The van der Waals surface area contributed by atoms with Crippen LogP contribution in [-0.2, 0) is 10.0 Å². The number of sulfonamides is 1. The molecule has 0 saturated heterocycles. The number of hydrogen-bond acceptors (Lipinski definition) is 3. The van der Waals surface area contributed by atoms with Crippen molar-refractivity contribution in [2.75, 3.05) is 0 Å². The van der Waals surface area contributed by atoms with Crippen molar-refractivity contribution in [2.24, 2.45) is 0 Å². The van der Waals surface area contributed by atoms with Crippen molar-refractivity contribution in [1.29, 1.82) is 5.26 Å². The van der Waals surface area contributed by atoms with Crippen molar-refractivity contribution in [2.45, 2.75) is 10.9 Å². The number of nitrogens with zero attached hydrogens (tertiary/aromatic N) is 1. The van der Waals surface area contributed by atoms with E-state index in [4.69, 9.17) is 5.26 Å². The number of halogens is 2. The second kappa shape index (κ2) is 5.99. The third kappa shape index (κ3) is 3.42. The fraction of sp³-hybridized carbons (Fsp3) is 0.0714. The van der Waals surface area contributed by atoms with E-state index in [1.54, 1.807) is 36.4 Å². The van der Waals surface area contributed by atoms with E-state index < -0.39 is 32.6 Å². The third-order valence-electron chi connectivity index (χ3n) is 2.72. The number of rotatable bonds is 4. The van der Waals surface area contributed by atoms with Crippen molar-refractivity contribution in [3.8, 4) is 6.07 Å². The van der Waals surface area contributed by atoms with E-state index in [2.05, 4.69) is 4.72 Å². The molecule has 21 heavy (non-hydrogen) atoms. The van der Waals surface area contributed by atoms with Crippen LogP contribution >= 0.6 is 0 Å². The third-order valence-corrected chi connectivity index (χ3v) is 4.17. The number of hydrogen-bond donors (Lipinski definition) is 1. The van der Waals surface area contributed by atoms with Gasteiger partial charge in [-0.2, -0.15) is 9.98 Å². The molecule has 1 unspecified atom stereocenters. The molecular weight excluding hydrogens is 298 g/mol. The van der Waals surface area contributed by atoms with Gasteiger partial charge in [-0.1, -0.05) is 30.3 Å². The lowest BCUT2D eigenvalue weighted by Gasteiger charge is -2.13. The first kappa shape index (κ1) is 15.1. The lowest BCUT2D eigenvalue weighted by atomic mass is 10.1. The van der Waals surface area contributed by atoms with Gasteiger partial charge in [0.25, 0.3) is 0 Å².